The average molecular weight is 1080 g/mol. The summed E-state index contributed by atoms with van der Waals surface area (Å²) in [6.07, 6.45) is 5.01. The molecular weight excluding hydrogens is 1000 g/mol. The van der Waals surface area contributed by atoms with Crippen molar-refractivity contribution >= 4 is 52.5 Å². The molecule has 18 nitrogen and oxygen atoms in total. The number of hydrogen-bond acceptors (Lipinski definition) is 12. The first-order valence-electron chi connectivity index (χ1n) is 26.7. The van der Waals surface area contributed by atoms with E-state index in [-0.39, 0.29) is 54.2 Å². The molecule has 3 unspecified atom stereocenters. The summed E-state index contributed by atoms with van der Waals surface area (Å²) in [5.74, 6) is -2.39. The maximum absolute atomic E-state index is 13.8. The molecule has 0 spiro atoms. The van der Waals surface area contributed by atoms with E-state index in [1.54, 1.807) is 72.8 Å². The summed E-state index contributed by atoms with van der Waals surface area (Å²) in [5, 5.41) is 46.5. The van der Waals surface area contributed by atoms with Crippen molar-refractivity contribution in [3.63, 3.8) is 0 Å². The Labute approximate surface area is 461 Å². The molecule has 0 fully saturated rings. The molecule has 0 aliphatic heterocycles. The van der Waals surface area contributed by atoms with E-state index >= 15 is 0 Å². The first-order chi connectivity index (χ1) is 38.2. The molecular formula is C61H73N9O9. The second-order valence-corrected chi connectivity index (χ2v) is 19.5. The van der Waals surface area contributed by atoms with Gasteiger partial charge < -0.3 is 64.4 Å². The molecule has 6 amide bonds. The first-order valence-corrected chi connectivity index (χ1v) is 26.7. The number of carbonyl (C=O) groups is 6. The van der Waals surface area contributed by atoms with Crippen molar-refractivity contribution in [2.75, 3.05) is 35.6 Å². The lowest BCUT2D eigenvalue weighted by atomic mass is 9.85. The number of hydrogen-bond donors (Lipinski definition) is 12. The SMILES string of the molecule is NCCCCC(NC(=O)Cc1ccc(O)cc1)C(=O)Nc1ccc(C(c2ccc(NC(=O)C(CCCCN)NC(=O)Cc3ccc(O)cc3)cc2)c2ccc(NC(=O)C(CCCCN)NC(=O)Cc3ccc(O)cc3)cc2)cc1. The fraction of sp³-hybridized carbons (Fsp3) is 0.311. The first kappa shape index (κ1) is 59.7. The van der Waals surface area contributed by atoms with Gasteiger partial charge >= 0.3 is 0 Å². The van der Waals surface area contributed by atoms with Crippen LogP contribution in [0.5, 0.6) is 17.2 Å². The van der Waals surface area contributed by atoms with Crippen LogP contribution in [0.15, 0.2) is 146 Å². The summed E-state index contributed by atoms with van der Waals surface area (Å²) in [4.78, 5) is 80.8. The van der Waals surface area contributed by atoms with Gasteiger partial charge in [0.25, 0.3) is 0 Å². The number of nitrogens with one attached hydrogen (secondary N) is 6. The third-order valence-corrected chi connectivity index (χ3v) is 13.2. The molecule has 15 N–H and O–H groups in total. The molecule has 0 aliphatic carbocycles. The normalized spacial score (nSPS) is 12.5. The van der Waals surface area contributed by atoms with Gasteiger partial charge in [0.2, 0.25) is 35.4 Å². The lowest BCUT2D eigenvalue weighted by Crippen LogP contribution is -2.44. The fourth-order valence-electron chi connectivity index (χ4n) is 8.96. The van der Waals surface area contributed by atoms with Crippen LogP contribution in [0.3, 0.4) is 0 Å². The maximum Gasteiger partial charge on any atom is 0.246 e. The number of benzene rings is 6. The Bertz CT molecular complexity index is 2590. The Hall–Kier alpha value is -8.58. The zero-order valence-electron chi connectivity index (χ0n) is 44.3. The van der Waals surface area contributed by atoms with Crippen molar-refractivity contribution in [2.24, 2.45) is 17.2 Å². The number of unbranched alkanes of at least 4 members (excludes halogenated alkanes) is 3. The van der Waals surface area contributed by atoms with Gasteiger partial charge in [-0.25, -0.2) is 0 Å². The van der Waals surface area contributed by atoms with Gasteiger partial charge in [0.15, 0.2) is 0 Å². The summed E-state index contributed by atoms with van der Waals surface area (Å²) >= 11 is 0. The highest BCUT2D eigenvalue weighted by Gasteiger charge is 2.25. The molecule has 6 rings (SSSR count). The van der Waals surface area contributed by atoms with Crippen molar-refractivity contribution < 1.29 is 44.1 Å². The van der Waals surface area contributed by atoms with E-state index in [4.69, 9.17) is 17.2 Å². The highest BCUT2D eigenvalue weighted by Crippen LogP contribution is 2.34. The highest BCUT2D eigenvalue weighted by atomic mass is 16.3. The minimum absolute atomic E-state index is 0.0196. The van der Waals surface area contributed by atoms with Gasteiger partial charge in [-0.15, -0.1) is 0 Å². The molecule has 18 heteroatoms. The Morgan fingerprint density at radius 2 is 0.582 bits per heavy atom. The Kier molecular flexibility index (Phi) is 23.4. The summed E-state index contributed by atoms with van der Waals surface area (Å²) < 4.78 is 0. The van der Waals surface area contributed by atoms with Crippen LogP contribution < -0.4 is 49.1 Å². The standard InChI is InChI=1S/C61H73N9O9/c62-34-4-1-7-52(68-55(74)37-40-10-28-49(71)29-11-40)59(77)65-46-22-16-43(17-23-46)58(44-18-24-47(25-19-44)66-60(78)53(8-2-5-35-63)69-56(75)38-41-12-30-50(72)31-13-41)45-20-26-48(27-21-45)67-61(79)54(9-3-6-36-64)70-57(76)39-42-14-32-51(73)33-15-42/h10-33,52-54,58,71-73H,1-9,34-39,62-64H2,(H,65,77)(H,66,78)(H,67,79)(H,68,74)(H,69,75)(H,70,76). The third-order valence-electron chi connectivity index (χ3n) is 13.2. The van der Waals surface area contributed by atoms with E-state index in [9.17, 15) is 44.1 Å². The molecule has 0 saturated heterocycles. The predicted octanol–water partition coefficient (Wildman–Crippen LogP) is 6.37. The number of amides is 6. The number of carbonyl (C=O) groups excluding carboxylic acids is 6. The van der Waals surface area contributed by atoms with Gasteiger partial charge in [-0.1, -0.05) is 72.8 Å². The molecule has 0 aliphatic rings. The number of aromatic hydroxyl groups is 3. The smallest absolute Gasteiger partial charge is 0.246 e. The van der Waals surface area contributed by atoms with Crippen molar-refractivity contribution in [3.8, 4) is 17.2 Å². The van der Waals surface area contributed by atoms with Crippen LogP contribution in [-0.2, 0) is 48.0 Å². The van der Waals surface area contributed by atoms with Crippen molar-refractivity contribution in [2.45, 2.75) is 101 Å². The van der Waals surface area contributed by atoms with Crippen molar-refractivity contribution in [3.05, 3.63) is 179 Å². The summed E-state index contributed by atoms with van der Waals surface area (Å²) in [6, 6.07) is 38.3. The summed E-state index contributed by atoms with van der Waals surface area (Å²) in [7, 11) is 0. The van der Waals surface area contributed by atoms with Crippen molar-refractivity contribution in [1.29, 1.82) is 0 Å². The van der Waals surface area contributed by atoms with Gasteiger partial charge in [-0.05, 0) is 184 Å². The fourth-order valence-corrected chi connectivity index (χ4v) is 8.96. The van der Waals surface area contributed by atoms with Gasteiger partial charge in [-0.3, -0.25) is 28.8 Å². The Balaban J connectivity index is 1.22. The third kappa shape index (κ3) is 19.7. The molecule has 6 aromatic rings. The van der Waals surface area contributed by atoms with Crippen LogP contribution in [0.1, 0.15) is 97.1 Å². The van der Waals surface area contributed by atoms with Crippen LogP contribution in [0.25, 0.3) is 0 Å². The Morgan fingerprint density at radius 1 is 0.342 bits per heavy atom. The van der Waals surface area contributed by atoms with E-state index in [2.05, 4.69) is 31.9 Å². The number of nitrogens with two attached hydrogens (primary N) is 3. The highest BCUT2D eigenvalue weighted by molar-refractivity contribution is 5.99. The molecule has 6 aromatic carbocycles. The Morgan fingerprint density at radius 3 is 0.810 bits per heavy atom. The second-order valence-electron chi connectivity index (χ2n) is 19.5. The van der Waals surface area contributed by atoms with E-state index < -0.39 is 41.8 Å². The number of rotatable bonds is 30. The summed E-state index contributed by atoms with van der Waals surface area (Å²) in [5.41, 5.74) is 23.3. The number of phenolic OH excluding ortho intramolecular Hbond substituents is 3. The van der Waals surface area contributed by atoms with Crippen LogP contribution in [0, 0.1) is 0 Å². The second kappa shape index (κ2) is 31.0. The minimum atomic E-state index is -0.840. The van der Waals surface area contributed by atoms with Crippen LogP contribution >= 0.6 is 0 Å². The zero-order valence-corrected chi connectivity index (χ0v) is 44.3. The minimum Gasteiger partial charge on any atom is -0.508 e. The molecule has 416 valence electrons. The van der Waals surface area contributed by atoms with E-state index in [0.717, 1.165) is 16.7 Å². The van der Waals surface area contributed by atoms with Crippen LogP contribution in [0.2, 0.25) is 0 Å². The lowest BCUT2D eigenvalue weighted by molar-refractivity contribution is -0.126. The number of phenols is 3. The van der Waals surface area contributed by atoms with E-state index in [1.165, 1.54) is 36.4 Å². The van der Waals surface area contributed by atoms with Crippen LogP contribution in [0.4, 0.5) is 17.1 Å². The summed E-state index contributed by atoms with van der Waals surface area (Å²) in [6.45, 7) is 1.31. The monoisotopic (exact) mass is 1080 g/mol. The van der Waals surface area contributed by atoms with Crippen LogP contribution in [-0.4, -0.2) is 88.5 Å². The maximum atomic E-state index is 13.8. The largest absolute Gasteiger partial charge is 0.508 e. The molecule has 0 aromatic heterocycles. The predicted molar refractivity (Wildman–Crippen MR) is 306 cm³/mol. The lowest BCUT2D eigenvalue weighted by Gasteiger charge is -2.22. The topological polar surface area (TPSA) is 313 Å². The van der Waals surface area contributed by atoms with E-state index in [1.807, 2.05) is 36.4 Å². The van der Waals surface area contributed by atoms with Gasteiger partial charge in [0.1, 0.15) is 35.4 Å². The molecule has 0 saturated carbocycles. The zero-order chi connectivity index (χ0) is 56.5. The molecule has 3 atom stereocenters. The number of anilines is 3. The molecule has 0 heterocycles. The molecule has 0 radical (unpaired) electrons. The molecule has 79 heavy (non-hydrogen) atoms. The van der Waals surface area contributed by atoms with Gasteiger partial charge in [0, 0.05) is 23.0 Å². The van der Waals surface area contributed by atoms with Gasteiger partial charge in [-0.2, -0.15) is 0 Å². The van der Waals surface area contributed by atoms with E-state index in [0.29, 0.717) is 111 Å². The average Bonchev–Trinajstić information content (AvgIpc) is 3.47. The van der Waals surface area contributed by atoms with Crippen molar-refractivity contribution in [1.82, 2.24) is 16.0 Å². The quantitative estimate of drug-likeness (QED) is 0.0173. The molecule has 0 bridgehead atoms. The van der Waals surface area contributed by atoms with Gasteiger partial charge in [0.05, 0.1) is 19.3 Å².